The van der Waals surface area contributed by atoms with Crippen molar-refractivity contribution in [3.63, 3.8) is 0 Å². The molecule has 1 aromatic heterocycles. The Balaban J connectivity index is 1.57. The van der Waals surface area contributed by atoms with Crippen LogP contribution in [0.5, 0.6) is 0 Å². The summed E-state index contributed by atoms with van der Waals surface area (Å²) in [6.45, 7) is 0.326. The van der Waals surface area contributed by atoms with Crippen LogP contribution < -0.4 is 10.6 Å². The van der Waals surface area contributed by atoms with E-state index in [0.717, 1.165) is 11.1 Å². The van der Waals surface area contributed by atoms with Crippen molar-refractivity contribution < 1.29 is 14.0 Å². The molecule has 0 aliphatic heterocycles. The van der Waals surface area contributed by atoms with E-state index in [1.54, 1.807) is 48.5 Å². The second-order valence-corrected chi connectivity index (χ2v) is 7.69. The summed E-state index contributed by atoms with van der Waals surface area (Å²) < 4.78 is 5.89. The molecule has 0 aliphatic rings. The van der Waals surface area contributed by atoms with Crippen LogP contribution in [0.3, 0.4) is 0 Å². The average Bonchev–Trinajstić information content (AvgIpc) is 3.32. The number of amides is 2. The summed E-state index contributed by atoms with van der Waals surface area (Å²) in [5, 5.41) is 6.18. The second kappa shape index (κ2) is 10.5. The number of hydrogen-bond acceptors (Lipinski definition) is 3. The Kier molecular flexibility index (Phi) is 7.03. The fourth-order valence-corrected chi connectivity index (χ4v) is 3.28. The van der Waals surface area contributed by atoms with E-state index in [0.29, 0.717) is 28.7 Å². The summed E-state index contributed by atoms with van der Waals surface area (Å²) in [6.07, 6.45) is 1.51. The molecule has 0 saturated heterocycles. The van der Waals surface area contributed by atoms with E-state index in [9.17, 15) is 9.59 Å². The maximum Gasteiger partial charge on any atom is 0.268 e. The summed E-state index contributed by atoms with van der Waals surface area (Å²) in [6, 6.07) is 29.0. The van der Waals surface area contributed by atoms with Crippen molar-refractivity contribution in [2.24, 2.45) is 0 Å². The Morgan fingerprint density at radius 1 is 0.818 bits per heavy atom. The molecule has 2 amide bonds. The fraction of sp³-hybridized carbons (Fsp3) is 0.0370. The Hall–Kier alpha value is -4.09. The predicted octanol–water partition coefficient (Wildman–Crippen LogP) is 5.69. The normalized spacial score (nSPS) is 11.1. The molecule has 0 atom stereocenters. The van der Waals surface area contributed by atoms with Crippen molar-refractivity contribution in [3.8, 4) is 11.3 Å². The second-order valence-electron chi connectivity index (χ2n) is 7.26. The molecule has 0 fully saturated rings. The molecule has 0 aliphatic carbocycles. The number of rotatable bonds is 7. The zero-order chi connectivity index (χ0) is 23.0. The highest BCUT2D eigenvalue weighted by Crippen LogP contribution is 2.24. The van der Waals surface area contributed by atoms with E-state index in [1.807, 2.05) is 48.5 Å². The molecule has 33 heavy (non-hydrogen) atoms. The quantitative estimate of drug-likeness (QED) is 0.351. The summed E-state index contributed by atoms with van der Waals surface area (Å²) in [5.74, 6) is 0.239. The molecule has 1 heterocycles. The third-order valence-corrected chi connectivity index (χ3v) is 5.12. The van der Waals surface area contributed by atoms with Crippen LogP contribution in [0.4, 0.5) is 0 Å². The third kappa shape index (κ3) is 5.99. The van der Waals surface area contributed by atoms with Gasteiger partial charge in [-0.1, -0.05) is 60.1 Å². The molecule has 5 nitrogen and oxygen atoms in total. The van der Waals surface area contributed by atoms with Crippen LogP contribution in [0.2, 0.25) is 5.02 Å². The lowest BCUT2D eigenvalue weighted by Gasteiger charge is -2.11. The number of carbonyl (C=O) groups excluding carboxylic acids is 2. The number of hydrogen-bond donors (Lipinski definition) is 2. The number of nitrogens with one attached hydrogen (secondary N) is 2. The van der Waals surface area contributed by atoms with Gasteiger partial charge in [0.05, 0.1) is 0 Å². The van der Waals surface area contributed by atoms with E-state index >= 15 is 0 Å². The van der Waals surface area contributed by atoms with Crippen LogP contribution in [0.25, 0.3) is 17.4 Å². The summed E-state index contributed by atoms with van der Waals surface area (Å²) in [4.78, 5) is 25.7. The Bertz CT molecular complexity index is 1260. The molecular weight excluding hydrogens is 436 g/mol. The van der Waals surface area contributed by atoms with Crippen molar-refractivity contribution in [3.05, 3.63) is 125 Å². The van der Waals surface area contributed by atoms with Gasteiger partial charge in [0.15, 0.2) is 0 Å². The minimum atomic E-state index is -0.424. The molecule has 0 saturated carbocycles. The molecule has 3 aromatic carbocycles. The minimum Gasteiger partial charge on any atom is -0.457 e. The van der Waals surface area contributed by atoms with Gasteiger partial charge in [0.25, 0.3) is 11.8 Å². The monoisotopic (exact) mass is 456 g/mol. The van der Waals surface area contributed by atoms with Crippen molar-refractivity contribution in [1.29, 1.82) is 0 Å². The van der Waals surface area contributed by atoms with Gasteiger partial charge in [-0.2, -0.15) is 0 Å². The Morgan fingerprint density at radius 3 is 2.18 bits per heavy atom. The van der Waals surface area contributed by atoms with Crippen LogP contribution >= 0.6 is 11.6 Å². The van der Waals surface area contributed by atoms with E-state index in [1.165, 1.54) is 6.08 Å². The minimum absolute atomic E-state index is 0.0804. The largest absolute Gasteiger partial charge is 0.457 e. The van der Waals surface area contributed by atoms with Gasteiger partial charge in [0.1, 0.15) is 17.2 Å². The third-order valence-electron chi connectivity index (χ3n) is 4.87. The van der Waals surface area contributed by atoms with Gasteiger partial charge in [-0.25, -0.2) is 0 Å². The Morgan fingerprint density at radius 2 is 1.48 bits per heavy atom. The van der Waals surface area contributed by atoms with E-state index < -0.39 is 5.91 Å². The lowest BCUT2D eigenvalue weighted by molar-refractivity contribution is -0.117. The summed E-state index contributed by atoms with van der Waals surface area (Å²) in [7, 11) is 0. The number of benzene rings is 3. The smallest absolute Gasteiger partial charge is 0.268 e. The lowest BCUT2D eigenvalue weighted by Crippen LogP contribution is -2.34. The summed E-state index contributed by atoms with van der Waals surface area (Å²) >= 11 is 5.96. The van der Waals surface area contributed by atoms with Crippen LogP contribution in [0.1, 0.15) is 21.7 Å². The maximum absolute atomic E-state index is 13.0. The standard InChI is InChI=1S/C27H21ClN2O3/c28-22-13-11-20(12-14-22)25-16-15-23(33-25)17-24(30-26(31)21-9-5-2-6-10-21)27(32)29-18-19-7-3-1-4-8-19/h1-17H,18H2,(H,29,32)(H,30,31)/b24-17-. The first-order chi connectivity index (χ1) is 16.1. The van der Waals surface area contributed by atoms with Crippen LogP contribution in [0, 0.1) is 0 Å². The van der Waals surface area contributed by atoms with Crippen molar-refractivity contribution in [2.75, 3.05) is 0 Å². The molecule has 0 spiro atoms. The number of halogens is 1. The Labute approximate surface area is 196 Å². The highest BCUT2D eigenvalue weighted by Gasteiger charge is 2.16. The van der Waals surface area contributed by atoms with Gasteiger partial charge >= 0.3 is 0 Å². The number of furan rings is 1. The van der Waals surface area contributed by atoms with Gasteiger partial charge in [-0.05, 0) is 54.1 Å². The van der Waals surface area contributed by atoms with Gasteiger partial charge in [0.2, 0.25) is 0 Å². The molecule has 4 aromatic rings. The summed E-state index contributed by atoms with van der Waals surface area (Å²) in [5.41, 5.74) is 2.32. The van der Waals surface area contributed by atoms with E-state index in [-0.39, 0.29) is 11.6 Å². The van der Waals surface area contributed by atoms with E-state index in [4.69, 9.17) is 16.0 Å². The van der Waals surface area contributed by atoms with Crippen LogP contribution in [0.15, 0.2) is 107 Å². The molecular formula is C27H21ClN2O3. The zero-order valence-corrected chi connectivity index (χ0v) is 18.4. The molecule has 0 bridgehead atoms. The molecule has 0 radical (unpaired) electrons. The van der Waals surface area contributed by atoms with Gasteiger partial charge < -0.3 is 15.1 Å². The highest BCUT2D eigenvalue weighted by atomic mass is 35.5. The van der Waals surface area contributed by atoms with Crippen molar-refractivity contribution >= 4 is 29.5 Å². The molecule has 6 heteroatoms. The van der Waals surface area contributed by atoms with Crippen LogP contribution in [-0.2, 0) is 11.3 Å². The van der Waals surface area contributed by atoms with Crippen molar-refractivity contribution in [2.45, 2.75) is 6.54 Å². The van der Waals surface area contributed by atoms with Gasteiger partial charge in [0, 0.05) is 28.8 Å². The molecule has 164 valence electrons. The lowest BCUT2D eigenvalue weighted by atomic mass is 10.2. The first kappa shape index (κ1) is 22.1. The van der Waals surface area contributed by atoms with Gasteiger partial charge in [-0.15, -0.1) is 0 Å². The zero-order valence-electron chi connectivity index (χ0n) is 17.6. The average molecular weight is 457 g/mol. The highest BCUT2D eigenvalue weighted by molar-refractivity contribution is 6.30. The maximum atomic E-state index is 13.0. The fourth-order valence-electron chi connectivity index (χ4n) is 3.16. The molecule has 4 rings (SSSR count). The number of carbonyl (C=O) groups is 2. The first-order valence-corrected chi connectivity index (χ1v) is 10.7. The first-order valence-electron chi connectivity index (χ1n) is 10.3. The van der Waals surface area contributed by atoms with Gasteiger partial charge in [-0.3, -0.25) is 9.59 Å². The predicted molar refractivity (Wildman–Crippen MR) is 129 cm³/mol. The topological polar surface area (TPSA) is 71.3 Å². The molecule has 0 unspecified atom stereocenters. The van der Waals surface area contributed by atoms with Crippen LogP contribution in [-0.4, -0.2) is 11.8 Å². The van der Waals surface area contributed by atoms with E-state index in [2.05, 4.69) is 10.6 Å². The molecule has 2 N–H and O–H groups in total. The van der Waals surface area contributed by atoms with Crippen molar-refractivity contribution in [1.82, 2.24) is 10.6 Å². The SMILES string of the molecule is O=C(NCc1ccccc1)/C(=C/c1ccc(-c2ccc(Cl)cc2)o1)NC(=O)c1ccccc1.